The molecule has 1 amide bonds. The van der Waals surface area contributed by atoms with Crippen LogP contribution in [0.15, 0.2) is 66.7 Å². The first-order valence-corrected chi connectivity index (χ1v) is 10.3. The Labute approximate surface area is 181 Å². The highest BCUT2D eigenvalue weighted by atomic mass is 16.5. The fourth-order valence-corrected chi connectivity index (χ4v) is 3.74. The Morgan fingerprint density at radius 3 is 2.32 bits per heavy atom. The van der Waals surface area contributed by atoms with Crippen molar-refractivity contribution in [2.75, 3.05) is 30.4 Å². The number of para-hydroxylation sites is 1. The maximum absolute atomic E-state index is 12.8. The minimum absolute atomic E-state index is 0.0819. The van der Waals surface area contributed by atoms with E-state index in [2.05, 4.69) is 20.4 Å². The van der Waals surface area contributed by atoms with Gasteiger partial charge in [0.25, 0.3) is 0 Å². The summed E-state index contributed by atoms with van der Waals surface area (Å²) in [5.74, 6) is 0.137. The van der Waals surface area contributed by atoms with E-state index < -0.39 is 5.97 Å². The summed E-state index contributed by atoms with van der Waals surface area (Å²) in [4.78, 5) is 26.8. The predicted octanol–water partition coefficient (Wildman–Crippen LogP) is 3.79. The van der Waals surface area contributed by atoms with Crippen LogP contribution < -0.4 is 10.2 Å². The summed E-state index contributed by atoms with van der Waals surface area (Å²) >= 11 is 0. The van der Waals surface area contributed by atoms with Gasteiger partial charge in [-0.2, -0.15) is 0 Å². The molecule has 0 atom stereocenters. The molecule has 1 aliphatic rings. The molecule has 1 fully saturated rings. The molecule has 1 aromatic heterocycles. The Morgan fingerprint density at radius 2 is 1.65 bits per heavy atom. The second-order valence-electron chi connectivity index (χ2n) is 7.43. The number of nitrogens with zero attached hydrogens (tertiary/aromatic N) is 3. The van der Waals surface area contributed by atoms with Crippen molar-refractivity contribution in [1.82, 2.24) is 10.2 Å². The van der Waals surface area contributed by atoms with Gasteiger partial charge < -0.3 is 15.0 Å². The zero-order valence-electron chi connectivity index (χ0n) is 17.3. The van der Waals surface area contributed by atoms with Gasteiger partial charge in [-0.05, 0) is 37.1 Å². The summed E-state index contributed by atoms with van der Waals surface area (Å²) in [5.41, 5.74) is 2.70. The van der Waals surface area contributed by atoms with Gasteiger partial charge >= 0.3 is 5.97 Å². The van der Waals surface area contributed by atoms with Crippen molar-refractivity contribution < 1.29 is 14.3 Å². The number of aromatic nitrogens is 2. The number of carbonyl (C=O) groups is 2. The van der Waals surface area contributed by atoms with Gasteiger partial charge in [0.15, 0.2) is 5.82 Å². The highest BCUT2D eigenvalue weighted by Crippen LogP contribution is 2.25. The van der Waals surface area contributed by atoms with Crippen molar-refractivity contribution in [2.45, 2.75) is 12.8 Å². The Balaban J connectivity index is 1.36. The topological polar surface area (TPSA) is 84.4 Å². The molecule has 0 aliphatic carbocycles. The lowest BCUT2D eigenvalue weighted by molar-refractivity contribution is -0.120. The molecular formula is C24H24N4O3. The molecule has 0 unspecified atom stereocenters. The second kappa shape index (κ2) is 9.38. The van der Waals surface area contributed by atoms with Crippen molar-refractivity contribution in [3.05, 3.63) is 72.3 Å². The Hall–Kier alpha value is -3.74. The molecule has 0 spiro atoms. The highest BCUT2D eigenvalue weighted by molar-refractivity contribution is 6.01. The molecule has 2 heterocycles. The third-order valence-corrected chi connectivity index (χ3v) is 5.50. The van der Waals surface area contributed by atoms with Crippen LogP contribution in [0, 0.1) is 5.92 Å². The highest BCUT2D eigenvalue weighted by Gasteiger charge is 2.26. The van der Waals surface area contributed by atoms with Crippen LogP contribution in [0.2, 0.25) is 0 Å². The maximum atomic E-state index is 12.8. The lowest BCUT2D eigenvalue weighted by Gasteiger charge is -2.32. The van der Waals surface area contributed by atoms with E-state index in [4.69, 9.17) is 4.74 Å². The summed E-state index contributed by atoms with van der Waals surface area (Å²) in [6.07, 6.45) is 1.41. The molecule has 1 saturated heterocycles. The van der Waals surface area contributed by atoms with Crippen molar-refractivity contribution >= 4 is 23.4 Å². The number of methoxy groups -OCH3 is 1. The quantitative estimate of drug-likeness (QED) is 0.637. The number of ether oxygens (including phenoxy) is 1. The third-order valence-electron chi connectivity index (χ3n) is 5.50. The first kappa shape index (κ1) is 20.5. The van der Waals surface area contributed by atoms with Gasteiger partial charge in [0.05, 0.1) is 24.1 Å². The number of nitrogens with one attached hydrogen (secondary N) is 1. The van der Waals surface area contributed by atoms with E-state index >= 15 is 0 Å². The van der Waals surface area contributed by atoms with Gasteiger partial charge in [0.1, 0.15) is 0 Å². The minimum Gasteiger partial charge on any atom is -0.465 e. The van der Waals surface area contributed by atoms with Crippen molar-refractivity contribution in [3.63, 3.8) is 0 Å². The number of hydrogen-bond acceptors (Lipinski definition) is 6. The monoisotopic (exact) mass is 416 g/mol. The first-order chi connectivity index (χ1) is 15.2. The van der Waals surface area contributed by atoms with Gasteiger partial charge in [-0.1, -0.05) is 42.5 Å². The molecule has 7 heteroatoms. The average molecular weight is 416 g/mol. The molecule has 3 aromatic rings. The average Bonchev–Trinajstić information content (AvgIpc) is 2.84. The van der Waals surface area contributed by atoms with Crippen LogP contribution in [0.4, 0.5) is 11.5 Å². The van der Waals surface area contributed by atoms with Gasteiger partial charge in [-0.25, -0.2) is 4.79 Å². The van der Waals surface area contributed by atoms with Crippen LogP contribution in [-0.4, -0.2) is 42.3 Å². The summed E-state index contributed by atoms with van der Waals surface area (Å²) in [6.45, 7) is 1.44. The predicted molar refractivity (Wildman–Crippen MR) is 119 cm³/mol. The number of carbonyl (C=O) groups excluding carboxylic acids is 2. The Morgan fingerprint density at radius 1 is 0.935 bits per heavy atom. The number of piperidine rings is 1. The van der Waals surface area contributed by atoms with Crippen LogP contribution in [0.5, 0.6) is 0 Å². The number of esters is 1. The van der Waals surface area contributed by atoms with E-state index in [9.17, 15) is 9.59 Å². The SMILES string of the molecule is COC(=O)c1ccccc1NC(=O)C1CCN(c2ccc(-c3ccccc3)nn2)CC1. The van der Waals surface area contributed by atoms with Gasteiger partial charge in [0.2, 0.25) is 5.91 Å². The molecule has 158 valence electrons. The molecule has 0 saturated carbocycles. The molecule has 31 heavy (non-hydrogen) atoms. The lowest BCUT2D eigenvalue weighted by atomic mass is 9.95. The normalized spacial score (nSPS) is 14.2. The molecular weight excluding hydrogens is 392 g/mol. The Kier molecular flexibility index (Phi) is 6.21. The van der Waals surface area contributed by atoms with E-state index in [1.54, 1.807) is 24.3 Å². The summed E-state index contributed by atoms with van der Waals surface area (Å²) in [7, 11) is 1.33. The molecule has 0 radical (unpaired) electrons. The zero-order valence-corrected chi connectivity index (χ0v) is 17.3. The van der Waals surface area contributed by atoms with E-state index in [1.165, 1.54) is 7.11 Å². The molecule has 2 aromatic carbocycles. The van der Waals surface area contributed by atoms with Crippen molar-refractivity contribution in [2.24, 2.45) is 5.92 Å². The lowest BCUT2D eigenvalue weighted by Crippen LogP contribution is -2.38. The van der Waals surface area contributed by atoms with Crippen LogP contribution in [0.3, 0.4) is 0 Å². The number of benzene rings is 2. The number of hydrogen-bond donors (Lipinski definition) is 1. The summed E-state index contributed by atoms with van der Waals surface area (Å²) in [5, 5.41) is 11.6. The van der Waals surface area contributed by atoms with Crippen LogP contribution >= 0.6 is 0 Å². The molecule has 1 aliphatic heterocycles. The zero-order chi connectivity index (χ0) is 21.6. The summed E-state index contributed by atoms with van der Waals surface area (Å²) < 4.78 is 4.79. The van der Waals surface area contributed by atoms with E-state index in [1.807, 2.05) is 42.5 Å². The standard InChI is InChI=1S/C24H24N4O3/c1-31-24(30)19-9-5-6-10-21(19)25-23(29)18-13-15-28(16-14-18)22-12-11-20(26-27-22)17-7-3-2-4-8-17/h2-12,18H,13-16H2,1H3,(H,25,29). The number of rotatable bonds is 5. The van der Waals surface area contributed by atoms with Gasteiger partial charge in [-0.15, -0.1) is 10.2 Å². The Bertz CT molecular complexity index is 1050. The van der Waals surface area contributed by atoms with Crippen LogP contribution in [-0.2, 0) is 9.53 Å². The number of anilines is 2. The van der Waals surface area contributed by atoms with Crippen LogP contribution in [0.25, 0.3) is 11.3 Å². The fraction of sp³-hybridized carbons (Fsp3) is 0.250. The molecule has 7 nitrogen and oxygen atoms in total. The van der Waals surface area contributed by atoms with E-state index in [0.717, 1.165) is 30.2 Å². The van der Waals surface area contributed by atoms with Crippen LogP contribution in [0.1, 0.15) is 23.2 Å². The molecule has 0 bridgehead atoms. The van der Waals surface area contributed by atoms with E-state index in [-0.39, 0.29) is 11.8 Å². The smallest absolute Gasteiger partial charge is 0.339 e. The summed E-state index contributed by atoms with van der Waals surface area (Å²) in [6, 6.07) is 20.8. The third kappa shape index (κ3) is 4.71. The largest absolute Gasteiger partial charge is 0.465 e. The maximum Gasteiger partial charge on any atom is 0.339 e. The molecule has 4 rings (SSSR count). The number of amides is 1. The molecule has 1 N–H and O–H groups in total. The van der Waals surface area contributed by atoms with Crippen molar-refractivity contribution in [3.8, 4) is 11.3 Å². The van der Waals surface area contributed by atoms with Gasteiger partial charge in [-0.3, -0.25) is 4.79 Å². The van der Waals surface area contributed by atoms with Gasteiger partial charge in [0, 0.05) is 24.6 Å². The fourth-order valence-electron chi connectivity index (χ4n) is 3.74. The second-order valence-corrected chi connectivity index (χ2v) is 7.43. The van der Waals surface area contributed by atoms with E-state index in [0.29, 0.717) is 24.1 Å². The van der Waals surface area contributed by atoms with Crippen molar-refractivity contribution in [1.29, 1.82) is 0 Å². The first-order valence-electron chi connectivity index (χ1n) is 10.3. The minimum atomic E-state index is -0.469.